The molecule has 2 aromatic heterocycles. The first-order valence-electron chi connectivity index (χ1n) is 8.35. The molecule has 0 bridgehead atoms. The number of nitrogens with zero attached hydrogens (tertiary/aromatic N) is 3. The Kier molecular flexibility index (Phi) is 4.97. The zero-order valence-electron chi connectivity index (χ0n) is 15.0. The summed E-state index contributed by atoms with van der Waals surface area (Å²) in [7, 11) is 1.83. The molecule has 1 unspecified atom stereocenters. The number of benzene rings is 1. The second kappa shape index (κ2) is 7.35. The van der Waals surface area contributed by atoms with Crippen LogP contribution in [-0.4, -0.2) is 26.6 Å². The zero-order valence-corrected chi connectivity index (χ0v) is 15.0. The van der Waals surface area contributed by atoms with Crippen LogP contribution < -0.4 is 10.6 Å². The third-order valence-corrected chi connectivity index (χ3v) is 4.12. The van der Waals surface area contributed by atoms with Gasteiger partial charge in [0.05, 0.1) is 30.0 Å². The van der Waals surface area contributed by atoms with Gasteiger partial charge in [0.25, 0.3) is 0 Å². The number of aryl methyl sites for hydroxylation is 2. The van der Waals surface area contributed by atoms with Gasteiger partial charge in [-0.2, -0.15) is 5.10 Å². The highest BCUT2D eigenvalue weighted by Crippen LogP contribution is 2.21. The molecule has 0 spiro atoms. The number of hydrogen-bond donors (Lipinski definition) is 2. The van der Waals surface area contributed by atoms with Crippen molar-refractivity contribution >= 4 is 28.5 Å². The second-order valence-corrected chi connectivity index (χ2v) is 6.22. The highest BCUT2D eigenvalue weighted by molar-refractivity contribution is 5.93. The molecule has 0 saturated carbocycles. The van der Waals surface area contributed by atoms with E-state index in [4.69, 9.17) is 0 Å². The number of fused-ring (bicyclic) bond motifs is 1. The van der Waals surface area contributed by atoms with Gasteiger partial charge in [-0.1, -0.05) is 30.3 Å². The minimum absolute atomic E-state index is 0.133. The summed E-state index contributed by atoms with van der Waals surface area (Å²) in [5.74, 6) is -0.379. The van der Waals surface area contributed by atoms with Crippen LogP contribution in [0.5, 0.6) is 0 Å². The maximum absolute atomic E-state index is 12.5. The number of hydrogen-bond acceptors (Lipinski definition) is 4. The predicted molar refractivity (Wildman–Crippen MR) is 99.5 cm³/mol. The maximum atomic E-state index is 12.5. The normalized spacial score (nSPS) is 12.0. The molecule has 26 heavy (non-hydrogen) atoms. The SMILES string of the molecule is CC(=O)NC(CC(=O)Nc1cnc2c(c1)c(C)nn2C)c1ccccc1. The Morgan fingerprint density at radius 3 is 2.65 bits per heavy atom. The summed E-state index contributed by atoms with van der Waals surface area (Å²) in [5.41, 5.74) is 3.11. The summed E-state index contributed by atoms with van der Waals surface area (Å²) >= 11 is 0. The molecule has 0 saturated heterocycles. The number of rotatable bonds is 5. The number of carbonyl (C=O) groups excluding carboxylic acids is 2. The van der Waals surface area contributed by atoms with Crippen molar-refractivity contribution < 1.29 is 9.59 Å². The first kappa shape index (κ1) is 17.6. The molecule has 1 aromatic carbocycles. The molecular weight excluding hydrogens is 330 g/mol. The van der Waals surface area contributed by atoms with Crippen LogP contribution in [0.3, 0.4) is 0 Å². The van der Waals surface area contributed by atoms with Gasteiger partial charge >= 0.3 is 0 Å². The second-order valence-electron chi connectivity index (χ2n) is 6.22. The number of anilines is 1. The Hall–Kier alpha value is -3.22. The smallest absolute Gasteiger partial charge is 0.226 e. The standard InChI is InChI=1S/C19H21N5O2/c1-12-16-9-15(11-20-19(16)24(3)23-12)22-18(26)10-17(21-13(2)25)14-7-5-4-6-8-14/h4-9,11,17H,10H2,1-3H3,(H,21,25)(H,22,26). The topological polar surface area (TPSA) is 88.9 Å². The third kappa shape index (κ3) is 3.88. The first-order valence-corrected chi connectivity index (χ1v) is 8.35. The fourth-order valence-electron chi connectivity index (χ4n) is 2.96. The average Bonchev–Trinajstić information content (AvgIpc) is 2.88. The van der Waals surface area contributed by atoms with Gasteiger partial charge in [-0.15, -0.1) is 0 Å². The van der Waals surface area contributed by atoms with Gasteiger partial charge in [-0.05, 0) is 18.6 Å². The summed E-state index contributed by atoms with van der Waals surface area (Å²) in [4.78, 5) is 28.3. The molecule has 2 amide bonds. The van der Waals surface area contributed by atoms with E-state index in [9.17, 15) is 9.59 Å². The molecule has 3 rings (SSSR count). The zero-order chi connectivity index (χ0) is 18.7. The molecule has 0 fully saturated rings. The van der Waals surface area contributed by atoms with Crippen molar-refractivity contribution in [2.75, 3.05) is 5.32 Å². The van der Waals surface area contributed by atoms with E-state index in [-0.39, 0.29) is 24.3 Å². The van der Waals surface area contributed by atoms with Crippen molar-refractivity contribution in [3.8, 4) is 0 Å². The van der Waals surface area contributed by atoms with Crippen molar-refractivity contribution in [3.63, 3.8) is 0 Å². The largest absolute Gasteiger partial charge is 0.349 e. The molecule has 134 valence electrons. The summed E-state index contributed by atoms with van der Waals surface area (Å²) in [6.45, 7) is 3.34. The maximum Gasteiger partial charge on any atom is 0.226 e. The van der Waals surface area contributed by atoms with E-state index in [1.165, 1.54) is 6.92 Å². The minimum atomic E-state index is -0.384. The van der Waals surface area contributed by atoms with Crippen molar-refractivity contribution in [1.82, 2.24) is 20.1 Å². The summed E-state index contributed by atoms with van der Waals surface area (Å²) < 4.78 is 1.71. The van der Waals surface area contributed by atoms with E-state index in [1.807, 2.05) is 50.4 Å². The lowest BCUT2D eigenvalue weighted by molar-refractivity contribution is -0.120. The quantitative estimate of drug-likeness (QED) is 0.739. The van der Waals surface area contributed by atoms with Crippen LogP contribution in [0.1, 0.15) is 30.6 Å². The highest BCUT2D eigenvalue weighted by atomic mass is 16.2. The van der Waals surface area contributed by atoms with Crippen LogP contribution >= 0.6 is 0 Å². The lowest BCUT2D eigenvalue weighted by atomic mass is 10.0. The number of aromatic nitrogens is 3. The predicted octanol–water partition coefficient (Wildman–Crippen LogP) is 2.48. The molecule has 0 aliphatic heterocycles. The first-order chi connectivity index (χ1) is 12.4. The molecule has 0 aliphatic rings. The van der Waals surface area contributed by atoms with Gasteiger partial charge in [0.1, 0.15) is 0 Å². The highest BCUT2D eigenvalue weighted by Gasteiger charge is 2.17. The van der Waals surface area contributed by atoms with Crippen molar-refractivity contribution in [3.05, 3.63) is 53.9 Å². The van der Waals surface area contributed by atoms with Crippen LogP contribution in [0.2, 0.25) is 0 Å². The van der Waals surface area contributed by atoms with Crippen LogP contribution in [0, 0.1) is 6.92 Å². The molecule has 0 radical (unpaired) electrons. The fraction of sp³-hybridized carbons (Fsp3) is 0.263. The molecular formula is C19H21N5O2. The third-order valence-electron chi connectivity index (χ3n) is 4.12. The van der Waals surface area contributed by atoms with Gasteiger partial charge in [-0.25, -0.2) is 4.98 Å². The Morgan fingerprint density at radius 1 is 1.23 bits per heavy atom. The van der Waals surface area contributed by atoms with E-state index in [0.717, 1.165) is 22.3 Å². The van der Waals surface area contributed by atoms with Gasteiger partial charge < -0.3 is 10.6 Å². The molecule has 7 heteroatoms. The van der Waals surface area contributed by atoms with Crippen LogP contribution in [0.25, 0.3) is 11.0 Å². The summed E-state index contributed by atoms with van der Waals surface area (Å²) in [6, 6.07) is 10.9. The lowest BCUT2D eigenvalue weighted by Gasteiger charge is -2.18. The van der Waals surface area contributed by atoms with Crippen molar-refractivity contribution in [2.45, 2.75) is 26.3 Å². The van der Waals surface area contributed by atoms with Crippen molar-refractivity contribution in [2.24, 2.45) is 7.05 Å². The molecule has 7 nitrogen and oxygen atoms in total. The van der Waals surface area contributed by atoms with Gasteiger partial charge in [0, 0.05) is 19.4 Å². The molecule has 2 heterocycles. The van der Waals surface area contributed by atoms with Crippen LogP contribution in [0.15, 0.2) is 42.6 Å². The van der Waals surface area contributed by atoms with Crippen LogP contribution in [0.4, 0.5) is 5.69 Å². The monoisotopic (exact) mass is 351 g/mol. The van der Waals surface area contributed by atoms with E-state index >= 15 is 0 Å². The van der Waals surface area contributed by atoms with E-state index in [0.29, 0.717) is 5.69 Å². The Bertz CT molecular complexity index is 949. The van der Waals surface area contributed by atoms with E-state index in [2.05, 4.69) is 20.7 Å². The fourth-order valence-corrected chi connectivity index (χ4v) is 2.96. The molecule has 2 N–H and O–H groups in total. The molecule has 3 aromatic rings. The number of carbonyl (C=O) groups is 2. The van der Waals surface area contributed by atoms with Crippen LogP contribution in [-0.2, 0) is 16.6 Å². The number of amides is 2. The van der Waals surface area contributed by atoms with Gasteiger partial charge in [0.2, 0.25) is 11.8 Å². The Morgan fingerprint density at radius 2 is 1.96 bits per heavy atom. The molecule has 1 atom stereocenters. The van der Waals surface area contributed by atoms with Gasteiger partial charge in [0.15, 0.2) is 5.65 Å². The van der Waals surface area contributed by atoms with E-state index in [1.54, 1.807) is 10.9 Å². The minimum Gasteiger partial charge on any atom is -0.349 e. The molecule has 0 aliphatic carbocycles. The lowest BCUT2D eigenvalue weighted by Crippen LogP contribution is -2.29. The average molecular weight is 351 g/mol. The summed E-state index contributed by atoms with van der Waals surface area (Å²) in [6.07, 6.45) is 1.74. The van der Waals surface area contributed by atoms with Gasteiger partial charge in [-0.3, -0.25) is 14.3 Å². The number of pyridine rings is 1. The number of nitrogens with one attached hydrogen (secondary N) is 2. The Balaban J connectivity index is 1.76. The van der Waals surface area contributed by atoms with E-state index < -0.39 is 0 Å². The van der Waals surface area contributed by atoms with Crippen molar-refractivity contribution in [1.29, 1.82) is 0 Å². The summed E-state index contributed by atoms with van der Waals surface area (Å²) in [5, 5.41) is 10.9. The Labute approximate surface area is 151 Å².